The number of rotatable bonds is 9. The third-order valence-electron chi connectivity index (χ3n) is 3.44. The van der Waals surface area contributed by atoms with Gasteiger partial charge in [-0.15, -0.1) is 0 Å². The van der Waals surface area contributed by atoms with Crippen LogP contribution in [-0.2, 0) is 11.2 Å². The fraction of sp³-hybridized carbons (Fsp3) is 0.588. The Morgan fingerprint density at radius 2 is 1.95 bits per heavy atom. The van der Waals surface area contributed by atoms with E-state index in [0.717, 1.165) is 49.5 Å². The summed E-state index contributed by atoms with van der Waals surface area (Å²) in [6, 6.07) is 8.21. The van der Waals surface area contributed by atoms with Crippen molar-refractivity contribution in [1.29, 1.82) is 0 Å². The predicted molar refractivity (Wildman–Crippen MR) is 90.5 cm³/mol. The Morgan fingerprint density at radius 1 is 1.25 bits per heavy atom. The summed E-state index contributed by atoms with van der Waals surface area (Å²) in [5, 5.41) is 4.09. The minimum absolute atomic E-state index is 0.149. The summed E-state index contributed by atoms with van der Waals surface area (Å²) >= 11 is 3.45. The first-order valence-corrected chi connectivity index (χ1v) is 8.79. The molecule has 0 atom stereocenters. The molecular formula is C17H26BrNO. The van der Waals surface area contributed by atoms with Gasteiger partial charge in [0.05, 0.1) is 0 Å². The van der Waals surface area contributed by atoms with Crippen molar-refractivity contribution >= 4 is 27.5 Å². The minimum atomic E-state index is 0.149. The van der Waals surface area contributed by atoms with E-state index in [-0.39, 0.29) is 11.8 Å². The number of halogens is 1. The van der Waals surface area contributed by atoms with Crippen LogP contribution in [0.5, 0.6) is 0 Å². The van der Waals surface area contributed by atoms with Gasteiger partial charge in [0.25, 0.3) is 0 Å². The van der Waals surface area contributed by atoms with E-state index in [9.17, 15) is 4.79 Å². The van der Waals surface area contributed by atoms with E-state index in [0.29, 0.717) is 0 Å². The molecule has 0 spiro atoms. The smallest absolute Gasteiger partial charge is 0.227 e. The molecule has 1 rings (SSSR count). The van der Waals surface area contributed by atoms with Gasteiger partial charge in [-0.05, 0) is 43.4 Å². The first-order chi connectivity index (χ1) is 9.71. The molecule has 1 N–H and O–H groups in total. The molecule has 3 heteroatoms. The second kappa shape index (κ2) is 9.98. The number of benzene rings is 1. The normalized spacial score (nSPS) is 10.8. The lowest BCUT2D eigenvalue weighted by molar-refractivity contribution is -0.120. The second-order valence-electron chi connectivity index (χ2n) is 5.26. The van der Waals surface area contributed by atoms with Crippen LogP contribution in [0.25, 0.3) is 0 Å². The molecule has 0 heterocycles. The van der Waals surface area contributed by atoms with Crippen LogP contribution in [0.2, 0.25) is 0 Å². The van der Waals surface area contributed by atoms with Gasteiger partial charge in [-0.25, -0.2) is 0 Å². The molecule has 0 unspecified atom stereocenters. The Kier molecular flexibility index (Phi) is 8.59. The molecule has 112 valence electrons. The quantitative estimate of drug-likeness (QED) is 0.618. The Labute approximate surface area is 131 Å². The molecule has 2 nitrogen and oxygen atoms in total. The molecule has 0 aliphatic rings. The highest BCUT2D eigenvalue weighted by Crippen LogP contribution is 2.18. The van der Waals surface area contributed by atoms with Crippen molar-refractivity contribution < 1.29 is 4.79 Å². The van der Waals surface area contributed by atoms with Gasteiger partial charge in [-0.3, -0.25) is 4.79 Å². The number of carbonyl (C=O) groups is 1. The van der Waals surface area contributed by atoms with Gasteiger partial charge < -0.3 is 5.32 Å². The maximum absolute atomic E-state index is 12.3. The molecule has 0 saturated carbocycles. The molecule has 0 bridgehead atoms. The van der Waals surface area contributed by atoms with Crippen LogP contribution < -0.4 is 5.32 Å². The first kappa shape index (κ1) is 17.2. The highest BCUT2D eigenvalue weighted by molar-refractivity contribution is 9.09. The number of aryl methyl sites for hydroxylation is 1. The molecule has 1 aromatic carbocycles. The monoisotopic (exact) mass is 339 g/mol. The Bertz CT molecular complexity index is 400. The SMILES string of the molecule is CCCC(CCC)C(=O)Nc1cccc(CCCBr)c1. The summed E-state index contributed by atoms with van der Waals surface area (Å²) in [6.45, 7) is 4.27. The van der Waals surface area contributed by atoms with Gasteiger partial charge in [0.1, 0.15) is 0 Å². The average Bonchev–Trinajstić information content (AvgIpc) is 2.45. The minimum Gasteiger partial charge on any atom is -0.326 e. The van der Waals surface area contributed by atoms with Crippen LogP contribution in [0.4, 0.5) is 5.69 Å². The van der Waals surface area contributed by atoms with Crippen molar-refractivity contribution in [2.75, 3.05) is 10.6 Å². The van der Waals surface area contributed by atoms with Crippen LogP contribution in [-0.4, -0.2) is 11.2 Å². The number of anilines is 1. The third-order valence-corrected chi connectivity index (χ3v) is 4.00. The number of hydrogen-bond donors (Lipinski definition) is 1. The Hall–Kier alpha value is -0.830. The van der Waals surface area contributed by atoms with E-state index in [1.165, 1.54) is 5.56 Å². The maximum Gasteiger partial charge on any atom is 0.227 e. The summed E-state index contributed by atoms with van der Waals surface area (Å²) in [5.41, 5.74) is 2.21. The summed E-state index contributed by atoms with van der Waals surface area (Å²) in [5.74, 6) is 0.322. The molecule has 20 heavy (non-hydrogen) atoms. The number of hydrogen-bond acceptors (Lipinski definition) is 1. The number of alkyl halides is 1. The lowest BCUT2D eigenvalue weighted by Gasteiger charge is -2.15. The van der Waals surface area contributed by atoms with Gasteiger partial charge in [0.2, 0.25) is 5.91 Å². The van der Waals surface area contributed by atoms with E-state index in [4.69, 9.17) is 0 Å². The number of carbonyl (C=O) groups excluding carboxylic acids is 1. The predicted octanol–water partition coefficient (Wildman–Crippen LogP) is 5.17. The number of amides is 1. The fourth-order valence-corrected chi connectivity index (χ4v) is 2.70. The van der Waals surface area contributed by atoms with Gasteiger partial charge in [-0.2, -0.15) is 0 Å². The average molecular weight is 340 g/mol. The van der Waals surface area contributed by atoms with E-state index < -0.39 is 0 Å². The Balaban J connectivity index is 2.63. The van der Waals surface area contributed by atoms with E-state index in [2.05, 4.69) is 47.2 Å². The Morgan fingerprint density at radius 3 is 2.55 bits per heavy atom. The van der Waals surface area contributed by atoms with Gasteiger partial charge in [-0.1, -0.05) is 54.8 Å². The van der Waals surface area contributed by atoms with Crippen molar-refractivity contribution in [3.05, 3.63) is 29.8 Å². The topological polar surface area (TPSA) is 29.1 Å². The highest BCUT2D eigenvalue weighted by atomic mass is 79.9. The third kappa shape index (κ3) is 6.08. The molecule has 0 saturated heterocycles. The molecule has 0 aliphatic heterocycles. The standard InChI is InChI=1S/C17H26BrNO/c1-3-7-15(8-4-2)17(20)19-16-11-5-9-14(13-16)10-6-12-18/h5,9,11,13,15H,3-4,6-8,10,12H2,1-2H3,(H,19,20). The fourth-order valence-electron chi connectivity index (χ4n) is 2.42. The van der Waals surface area contributed by atoms with Crippen LogP contribution in [0.3, 0.4) is 0 Å². The molecule has 0 fully saturated rings. The van der Waals surface area contributed by atoms with E-state index >= 15 is 0 Å². The van der Waals surface area contributed by atoms with Crippen molar-refractivity contribution in [2.45, 2.75) is 52.4 Å². The summed E-state index contributed by atoms with van der Waals surface area (Å²) in [4.78, 5) is 12.3. The largest absolute Gasteiger partial charge is 0.326 e. The lowest BCUT2D eigenvalue weighted by atomic mass is 9.97. The van der Waals surface area contributed by atoms with Gasteiger partial charge >= 0.3 is 0 Å². The lowest BCUT2D eigenvalue weighted by Crippen LogP contribution is -2.22. The molecule has 0 aromatic heterocycles. The van der Waals surface area contributed by atoms with E-state index in [1.54, 1.807) is 0 Å². The van der Waals surface area contributed by atoms with Crippen molar-refractivity contribution in [1.82, 2.24) is 0 Å². The molecule has 1 amide bonds. The zero-order valence-electron chi connectivity index (χ0n) is 12.6. The highest BCUT2D eigenvalue weighted by Gasteiger charge is 2.16. The van der Waals surface area contributed by atoms with Crippen molar-refractivity contribution in [2.24, 2.45) is 5.92 Å². The first-order valence-electron chi connectivity index (χ1n) is 7.67. The van der Waals surface area contributed by atoms with Crippen LogP contribution in [0.15, 0.2) is 24.3 Å². The van der Waals surface area contributed by atoms with Gasteiger partial charge in [0, 0.05) is 16.9 Å². The zero-order valence-corrected chi connectivity index (χ0v) is 14.2. The molecular weight excluding hydrogens is 314 g/mol. The van der Waals surface area contributed by atoms with Crippen LogP contribution in [0.1, 0.15) is 51.5 Å². The van der Waals surface area contributed by atoms with E-state index in [1.807, 2.05) is 12.1 Å². The molecule has 1 aromatic rings. The summed E-state index contributed by atoms with van der Waals surface area (Å²) < 4.78 is 0. The molecule has 0 aliphatic carbocycles. The summed E-state index contributed by atoms with van der Waals surface area (Å²) in [6.07, 6.45) is 6.23. The van der Waals surface area contributed by atoms with Crippen LogP contribution in [0, 0.1) is 5.92 Å². The maximum atomic E-state index is 12.3. The molecule has 0 radical (unpaired) electrons. The van der Waals surface area contributed by atoms with Crippen molar-refractivity contribution in [3.8, 4) is 0 Å². The van der Waals surface area contributed by atoms with Crippen LogP contribution >= 0.6 is 15.9 Å². The number of nitrogens with one attached hydrogen (secondary N) is 1. The van der Waals surface area contributed by atoms with Gasteiger partial charge in [0.15, 0.2) is 0 Å². The van der Waals surface area contributed by atoms with Crippen molar-refractivity contribution in [3.63, 3.8) is 0 Å². The second-order valence-corrected chi connectivity index (χ2v) is 6.05. The summed E-state index contributed by atoms with van der Waals surface area (Å²) in [7, 11) is 0. The zero-order chi connectivity index (χ0) is 14.8.